The Morgan fingerprint density at radius 3 is 2.92 bits per heavy atom. The second-order valence-electron chi connectivity index (χ2n) is 6.28. The maximum Gasteiger partial charge on any atom is 0.233 e. The minimum atomic E-state index is -3.02. The fourth-order valence-electron chi connectivity index (χ4n) is 3.09. The molecular weight excluding hydrogens is 368 g/mol. The first-order valence-electron chi connectivity index (χ1n) is 8.09. The molecule has 24 heavy (non-hydrogen) atoms. The Labute approximate surface area is 150 Å². The summed E-state index contributed by atoms with van der Waals surface area (Å²) >= 11 is 2.95. The number of aryl methyl sites for hydroxylation is 1. The van der Waals surface area contributed by atoms with Crippen molar-refractivity contribution in [3.05, 3.63) is 11.1 Å². The van der Waals surface area contributed by atoms with E-state index in [2.05, 4.69) is 4.98 Å². The molecule has 3 rings (SSSR count). The van der Waals surface area contributed by atoms with Crippen LogP contribution in [0.25, 0.3) is 0 Å². The summed E-state index contributed by atoms with van der Waals surface area (Å²) in [7, 11) is -3.02. The lowest BCUT2D eigenvalue weighted by Gasteiger charge is -2.30. The van der Waals surface area contributed by atoms with Gasteiger partial charge in [0.15, 0.2) is 14.2 Å². The summed E-state index contributed by atoms with van der Waals surface area (Å²) in [5.41, 5.74) is 0.952. The third-order valence-corrected chi connectivity index (χ3v) is 8.18. The van der Waals surface area contributed by atoms with Gasteiger partial charge in [-0.25, -0.2) is 13.4 Å². The van der Waals surface area contributed by atoms with Crippen molar-refractivity contribution in [2.45, 2.75) is 42.7 Å². The second kappa shape index (κ2) is 7.72. The van der Waals surface area contributed by atoms with Gasteiger partial charge in [0.05, 0.1) is 23.4 Å². The lowest BCUT2D eigenvalue weighted by Crippen LogP contribution is -2.46. The highest BCUT2D eigenvalue weighted by Crippen LogP contribution is 2.25. The molecule has 1 aromatic heterocycles. The van der Waals surface area contributed by atoms with E-state index >= 15 is 0 Å². The number of hydrogen-bond donors (Lipinski definition) is 0. The van der Waals surface area contributed by atoms with Gasteiger partial charge in [-0.1, -0.05) is 11.8 Å². The summed E-state index contributed by atoms with van der Waals surface area (Å²) in [6.07, 6.45) is 2.50. The Morgan fingerprint density at radius 2 is 2.33 bits per heavy atom. The molecule has 2 aliphatic rings. The molecule has 3 heterocycles. The van der Waals surface area contributed by atoms with Gasteiger partial charge in [0.1, 0.15) is 0 Å². The standard InChI is InChI=1S/C15H22N2O4S3/c1-11-8-22-15(16-11)23-9-14(18)17(7-13-3-2-5-21-13)12-4-6-24(19,20)10-12/h8,12-13H,2-7,9-10H2,1H3. The third kappa shape index (κ3) is 4.71. The normalized spacial score (nSPS) is 25.9. The molecule has 9 heteroatoms. The van der Waals surface area contributed by atoms with Crippen molar-refractivity contribution in [2.75, 3.05) is 30.4 Å². The van der Waals surface area contributed by atoms with E-state index in [0.717, 1.165) is 29.5 Å². The van der Waals surface area contributed by atoms with Crippen LogP contribution in [0.1, 0.15) is 25.0 Å². The number of thioether (sulfide) groups is 1. The summed E-state index contributed by atoms with van der Waals surface area (Å²) in [6, 6.07) is -0.217. The number of ether oxygens (including phenoxy) is 1. The Hall–Kier alpha value is -0.640. The van der Waals surface area contributed by atoms with Crippen LogP contribution in [0, 0.1) is 6.92 Å². The quantitative estimate of drug-likeness (QED) is 0.689. The number of sulfone groups is 1. The van der Waals surface area contributed by atoms with Crippen LogP contribution in [-0.2, 0) is 19.4 Å². The molecule has 2 atom stereocenters. The number of carbonyl (C=O) groups is 1. The number of nitrogens with zero attached hydrogens (tertiary/aromatic N) is 2. The zero-order valence-corrected chi connectivity index (χ0v) is 16.1. The topological polar surface area (TPSA) is 76.6 Å². The van der Waals surface area contributed by atoms with Crippen LogP contribution < -0.4 is 0 Å². The van der Waals surface area contributed by atoms with Crippen LogP contribution in [0.5, 0.6) is 0 Å². The average Bonchev–Trinajstić information content (AvgIpc) is 3.24. The molecule has 134 valence electrons. The summed E-state index contributed by atoms with van der Waals surface area (Å²) < 4.78 is 30.1. The van der Waals surface area contributed by atoms with Gasteiger partial charge in [0.2, 0.25) is 5.91 Å². The van der Waals surface area contributed by atoms with Crippen molar-refractivity contribution in [1.29, 1.82) is 0 Å². The number of rotatable bonds is 6. The molecule has 1 amide bonds. The SMILES string of the molecule is Cc1csc(SCC(=O)N(CC2CCCO2)C2CCS(=O)(=O)C2)n1. The smallest absolute Gasteiger partial charge is 0.233 e. The number of aromatic nitrogens is 1. The number of carbonyl (C=O) groups excluding carboxylic acids is 1. The highest BCUT2D eigenvalue weighted by molar-refractivity contribution is 8.01. The van der Waals surface area contributed by atoms with Crippen molar-refractivity contribution < 1.29 is 17.9 Å². The van der Waals surface area contributed by atoms with Crippen molar-refractivity contribution in [1.82, 2.24) is 9.88 Å². The molecule has 2 aliphatic heterocycles. The molecule has 0 aromatic carbocycles. The number of hydrogen-bond acceptors (Lipinski definition) is 7. The predicted octanol–water partition coefficient (Wildman–Crippen LogP) is 1.74. The van der Waals surface area contributed by atoms with Gasteiger partial charge in [-0.3, -0.25) is 4.79 Å². The predicted molar refractivity (Wildman–Crippen MR) is 95.3 cm³/mol. The highest BCUT2D eigenvalue weighted by atomic mass is 32.2. The maximum absolute atomic E-state index is 12.7. The first-order valence-corrected chi connectivity index (χ1v) is 11.8. The van der Waals surface area contributed by atoms with Gasteiger partial charge in [-0.05, 0) is 26.2 Å². The molecule has 0 aliphatic carbocycles. The van der Waals surface area contributed by atoms with Crippen molar-refractivity contribution >= 4 is 38.8 Å². The summed E-state index contributed by atoms with van der Waals surface area (Å²) in [6.45, 7) is 3.15. The molecule has 0 N–H and O–H groups in total. The molecular formula is C15H22N2O4S3. The van der Waals surface area contributed by atoms with Crippen LogP contribution in [0.2, 0.25) is 0 Å². The summed E-state index contributed by atoms with van der Waals surface area (Å²) in [4.78, 5) is 18.8. The Morgan fingerprint density at radius 1 is 1.50 bits per heavy atom. The van der Waals surface area contributed by atoms with E-state index in [-0.39, 0.29) is 35.3 Å². The van der Waals surface area contributed by atoms with E-state index in [1.165, 1.54) is 23.1 Å². The van der Waals surface area contributed by atoms with Gasteiger partial charge >= 0.3 is 0 Å². The van der Waals surface area contributed by atoms with E-state index in [1.807, 2.05) is 12.3 Å². The number of amides is 1. The van der Waals surface area contributed by atoms with Gasteiger partial charge in [0, 0.05) is 30.3 Å². The monoisotopic (exact) mass is 390 g/mol. The van der Waals surface area contributed by atoms with Gasteiger partial charge < -0.3 is 9.64 Å². The van der Waals surface area contributed by atoms with E-state index in [9.17, 15) is 13.2 Å². The number of thiazole rings is 1. The van der Waals surface area contributed by atoms with Crippen LogP contribution in [0.15, 0.2) is 9.72 Å². The average molecular weight is 391 g/mol. The molecule has 0 bridgehead atoms. The van der Waals surface area contributed by atoms with E-state index in [0.29, 0.717) is 13.0 Å². The van der Waals surface area contributed by atoms with Crippen molar-refractivity contribution in [3.8, 4) is 0 Å². The van der Waals surface area contributed by atoms with Crippen LogP contribution in [-0.4, -0.2) is 66.8 Å². The summed E-state index contributed by atoms with van der Waals surface area (Å²) in [5.74, 6) is 0.513. The Kier molecular flexibility index (Phi) is 5.84. The fourth-order valence-corrected chi connectivity index (χ4v) is 6.55. The lowest BCUT2D eigenvalue weighted by molar-refractivity contribution is -0.131. The van der Waals surface area contributed by atoms with Gasteiger partial charge in [-0.2, -0.15) is 0 Å². The van der Waals surface area contributed by atoms with Crippen LogP contribution >= 0.6 is 23.1 Å². The molecule has 0 saturated carbocycles. The fraction of sp³-hybridized carbons (Fsp3) is 0.733. The minimum absolute atomic E-state index is 0.0227. The first-order chi connectivity index (χ1) is 11.4. The third-order valence-electron chi connectivity index (χ3n) is 4.31. The molecule has 1 aromatic rings. The molecule has 2 saturated heterocycles. The lowest BCUT2D eigenvalue weighted by atomic mass is 10.1. The maximum atomic E-state index is 12.7. The van der Waals surface area contributed by atoms with E-state index in [1.54, 1.807) is 4.90 Å². The molecule has 2 unspecified atom stereocenters. The first kappa shape index (κ1) is 18.2. The summed E-state index contributed by atoms with van der Waals surface area (Å²) in [5, 5.41) is 1.96. The molecule has 0 spiro atoms. The van der Waals surface area contributed by atoms with E-state index in [4.69, 9.17) is 4.74 Å². The molecule has 0 radical (unpaired) electrons. The second-order valence-corrected chi connectivity index (χ2v) is 10.6. The molecule has 6 nitrogen and oxygen atoms in total. The Bertz CT molecular complexity index is 683. The highest BCUT2D eigenvalue weighted by Gasteiger charge is 2.36. The van der Waals surface area contributed by atoms with Gasteiger partial charge in [0.25, 0.3) is 0 Å². The largest absolute Gasteiger partial charge is 0.376 e. The van der Waals surface area contributed by atoms with Crippen molar-refractivity contribution in [2.24, 2.45) is 0 Å². The zero-order chi connectivity index (χ0) is 17.2. The van der Waals surface area contributed by atoms with Gasteiger partial charge in [-0.15, -0.1) is 11.3 Å². The minimum Gasteiger partial charge on any atom is -0.376 e. The van der Waals surface area contributed by atoms with Crippen molar-refractivity contribution in [3.63, 3.8) is 0 Å². The van der Waals surface area contributed by atoms with Crippen LogP contribution in [0.3, 0.4) is 0 Å². The molecule has 2 fully saturated rings. The van der Waals surface area contributed by atoms with E-state index < -0.39 is 9.84 Å². The zero-order valence-electron chi connectivity index (χ0n) is 13.6. The van der Waals surface area contributed by atoms with Crippen LogP contribution in [0.4, 0.5) is 0 Å². The Balaban J connectivity index is 1.64.